The Morgan fingerprint density at radius 2 is 1.38 bits per heavy atom. The number of ether oxygens (including phenoxy) is 1. The van der Waals surface area contributed by atoms with Crippen LogP contribution in [0.1, 0.15) is 38.1 Å². The molecule has 0 amide bonds. The highest BCUT2D eigenvalue weighted by molar-refractivity contribution is 5.76. The fourth-order valence-electron chi connectivity index (χ4n) is 2.20. The van der Waals surface area contributed by atoms with Crippen molar-refractivity contribution in [3.05, 3.63) is 66.4 Å². The average molecular weight is 404 g/mol. The summed E-state index contributed by atoms with van der Waals surface area (Å²) in [5.74, 6) is 0.153. The molecule has 0 radical (unpaired) electrons. The number of nitrogens with zero attached hydrogens (tertiary/aromatic N) is 2. The van der Waals surface area contributed by atoms with Crippen molar-refractivity contribution in [1.29, 1.82) is 0 Å². The van der Waals surface area contributed by atoms with Crippen LogP contribution < -0.4 is 4.74 Å². The van der Waals surface area contributed by atoms with Crippen molar-refractivity contribution in [2.75, 3.05) is 0 Å². The van der Waals surface area contributed by atoms with Crippen molar-refractivity contribution in [2.45, 2.75) is 34.1 Å². The molecule has 0 N–H and O–H groups in total. The van der Waals surface area contributed by atoms with Gasteiger partial charge in [-0.15, -0.1) is 13.2 Å². The molecule has 0 aliphatic rings. The minimum absolute atomic E-state index is 0.296. The van der Waals surface area contributed by atoms with E-state index in [1.807, 2.05) is 27.7 Å². The zero-order chi connectivity index (χ0) is 21.9. The Kier molecular flexibility index (Phi) is 9.51. The largest absolute Gasteiger partial charge is 0.573 e. The van der Waals surface area contributed by atoms with Gasteiger partial charge < -0.3 is 4.74 Å². The molecular weight excluding hydrogens is 381 g/mol. The summed E-state index contributed by atoms with van der Waals surface area (Å²) < 4.78 is 40.4. The van der Waals surface area contributed by atoms with Gasteiger partial charge in [0.1, 0.15) is 12.0 Å². The first kappa shape index (κ1) is 23.8. The summed E-state index contributed by atoms with van der Waals surface area (Å²) in [6.45, 7) is 8.00. The molecule has 1 heterocycles. The molecule has 0 spiro atoms. The van der Waals surface area contributed by atoms with E-state index < -0.39 is 6.36 Å². The first-order chi connectivity index (χ1) is 13.9. The fourth-order valence-corrected chi connectivity index (χ4v) is 2.20. The maximum atomic E-state index is 12.2. The van der Waals surface area contributed by atoms with Crippen LogP contribution in [0.2, 0.25) is 0 Å². The number of carbonyl (C=O) groups excluding carboxylic acids is 1. The van der Waals surface area contributed by atoms with Crippen LogP contribution in [0, 0.1) is 0 Å². The van der Waals surface area contributed by atoms with Crippen LogP contribution in [0.4, 0.5) is 13.2 Å². The lowest BCUT2D eigenvalue weighted by atomic mass is 10.1. The summed E-state index contributed by atoms with van der Waals surface area (Å²) in [6, 6.07) is 13.8. The van der Waals surface area contributed by atoms with E-state index in [4.69, 9.17) is 0 Å². The molecule has 0 saturated heterocycles. The van der Waals surface area contributed by atoms with Crippen molar-refractivity contribution in [3.8, 4) is 28.4 Å². The van der Waals surface area contributed by atoms with E-state index >= 15 is 0 Å². The molecule has 0 aliphatic carbocycles. The smallest absolute Gasteiger partial charge is 0.406 e. The number of rotatable bonds is 4. The van der Waals surface area contributed by atoms with Crippen molar-refractivity contribution in [1.82, 2.24) is 9.97 Å². The SMILES string of the molecule is CC.CC.O=Cc1ccc(-c2nccc(-c3ccc(OC(F)(F)F)cc3)n2)cc1. The molecule has 2 aromatic carbocycles. The summed E-state index contributed by atoms with van der Waals surface area (Å²) in [7, 11) is 0. The fraction of sp³-hybridized carbons (Fsp3) is 0.227. The lowest BCUT2D eigenvalue weighted by Crippen LogP contribution is -2.16. The van der Waals surface area contributed by atoms with Crippen LogP contribution in [0.15, 0.2) is 60.8 Å². The normalized spacial score (nSPS) is 10.0. The summed E-state index contributed by atoms with van der Waals surface area (Å²) in [5.41, 5.74) is 2.45. The molecule has 1 aromatic heterocycles. The van der Waals surface area contributed by atoms with Crippen molar-refractivity contribution in [2.24, 2.45) is 0 Å². The van der Waals surface area contributed by atoms with Crippen LogP contribution in [-0.4, -0.2) is 22.6 Å². The molecule has 4 nitrogen and oxygen atoms in total. The molecule has 0 atom stereocenters. The van der Waals surface area contributed by atoms with Gasteiger partial charge in [-0.1, -0.05) is 52.0 Å². The standard InChI is InChI=1S/C18H11F3N2O2.2C2H6/c19-18(20,21)25-15-7-5-13(6-8-15)16-9-10-22-17(23-16)14-3-1-12(11-24)2-4-14;2*1-2/h1-11H;2*1-2H3. The predicted molar refractivity (Wildman–Crippen MR) is 108 cm³/mol. The highest BCUT2D eigenvalue weighted by Crippen LogP contribution is 2.26. The predicted octanol–water partition coefficient (Wildman–Crippen LogP) is 6.57. The lowest BCUT2D eigenvalue weighted by Gasteiger charge is -2.09. The first-order valence-electron chi connectivity index (χ1n) is 9.19. The van der Waals surface area contributed by atoms with E-state index in [1.165, 1.54) is 24.3 Å². The second kappa shape index (κ2) is 11.6. The summed E-state index contributed by atoms with van der Waals surface area (Å²) in [6.07, 6.45) is -2.42. The van der Waals surface area contributed by atoms with Crippen molar-refractivity contribution >= 4 is 6.29 Å². The Hall–Kier alpha value is -3.22. The zero-order valence-corrected chi connectivity index (χ0v) is 16.7. The zero-order valence-electron chi connectivity index (χ0n) is 16.7. The number of alkyl halides is 3. The van der Waals surface area contributed by atoms with E-state index in [9.17, 15) is 18.0 Å². The van der Waals surface area contributed by atoms with Gasteiger partial charge in [-0.2, -0.15) is 0 Å². The highest BCUT2D eigenvalue weighted by Gasteiger charge is 2.30. The Morgan fingerprint density at radius 3 is 1.90 bits per heavy atom. The topological polar surface area (TPSA) is 52.1 Å². The van der Waals surface area contributed by atoms with Gasteiger partial charge >= 0.3 is 6.36 Å². The molecule has 29 heavy (non-hydrogen) atoms. The summed E-state index contributed by atoms with van der Waals surface area (Å²) in [5, 5.41) is 0. The maximum Gasteiger partial charge on any atom is 0.573 e. The third kappa shape index (κ3) is 7.37. The van der Waals surface area contributed by atoms with Crippen LogP contribution >= 0.6 is 0 Å². The van der Waals surface area contributed by atoms with Crippen LogP contribution in [0.25, 0.3) is 22.6 Å². The van der Waals surface area contributed by atoms with Gasteiger partial charge in [-0.3, -0.25) is 4.79 Å². The highest BCUT2D eigenvalue weighted by atomic mass is 19.4. The number of hydrogen-bond acceptors (Lipinski definition) is 4. The minimum Gasteiger partial charge on any atom is -0.406 e. The van der Waals surface area contributed by atoms with E-state index in [2.05, 4.69) is 14.7 Å². The summed E-state index contributed by atoms with van der Waals surface area (Å²) >= 11 is 0. The molecule has 0 fully saturated rings. The Bertz CT molecular complexity index is 878. The number of hydrogen-bond donors (Lipinski definition) is 0. The molecule has 0 saturated carbocycles. The Labute approximate surface area is 168 Å². The third-order valence-electron chi connectivity index (χ3n) is 3.34. The van der Waals surface area contributed by atoms with Crippen LogP contribution in [0.3, 0.4) is 0 Å². The van der Waals surface area contributed by atoms with Gasteiger partial charge in [0.2, 0.25) is 0 Å². The van der Waals surface area contributed by atoms with Gasteiger partial charge in [0.25, 0.3) is 0 Å². The second-order valence-electron chi connectivity index (χ2n) is 5.08. The molecule has 3 aromatic rings. The molecule has 0 bridgehead atoms. The molecule has 3 rings (SSSR count). The van der Waals surface area contributed by atoms with Gasteiger partial charge in [0.15, 0.2) is 5.82 Å². The third-order valence-corrected chi connectivity index (χ3v) is 3.34. The van der Waals surface area contributed by atoms with E-state index in [0.717, 1.165) is 11.8 Å². The van der Waals surface area contributed by atoms with Crippen LogP contribution in [-0.2, 0) is 0 Å². The molecule has 0 unspecified atom stereocenters. The first-order valence-corrected chi connectivity index (χ1v) is 9.19. The van der Waals surface area contributed by atoms with E-state index in [0.29, 0.717) is 22.6 Å². The van der Waals surface area contributed by atoms with Gasteiger partial charge in [0, 0.05) is 22.9 Å². The molecule has 0 aliphatic heterocycles. The van der Waals surface area contributed by atoms with Gasteiger partial charge in [-0.25, -0.2) is 9.97 Å². The van der Waals surface area contributed by atoms with Gasteiger partial charge in [-0.05, 0) is 30.3 Å². The van der Waals surface area contributed by atoms with Crippen molar-refractivity contribution in [3.63, 3.8) is 0 Å². The number of carbonyl (C=O) groups is 1. The van der Waals surface area contributed by atoms with Crippen LogP contribution in [0.5, 0.6) is 5.75 Å². The second-order valence-corrected chi connectivity index (χ2v) is 5.08. The number of halogens is 3. The number of benzene rings is 2. The molecular formula is C22H23F3N2O2. The summed E-state index contributed by atoms with van der Waals surface area (Å²) in [4.78, 5) is 19.3. The monoisotopic (exact) mass is 404 g/mol. The number of aldehydes is 1. The number of aromatic nitrogens is 2. The Balaban J connectivity index is 0.000000989. The Morgan fingerprint density at radius 1 is 0.828 bits per heavy atom. The maximum absolute atomic E-state index is 12.2. The minimum atomic E-state index is -4.72. The molecule has 154 valence electrons. The van der Waals surface area contributed by atoms with E-state index in [1.54, 1.807) is 36.5 Å². The molecule has 7 heteroatoms. The van der Waals surface area contributed by atoms with Crippen molar-refractivity contribution < 1.29 is 22.7 Å². The van der Waals surface area contributed by atoms with Gasteiger partial charge in [0.05, 0.1) is 5.69 Å². The average Bonchev–Trinajstić information content (AvgIpc) is 2.76. The quantitative estimate of drug-likeness (QED) is 0.461. The van der Waals surface area contributed by atoms with E-state index in [-0.39, 0.29) is 5.75 Å². The lowest BCUT2D eigenvalue weighted by molar-refractivity contribution is -0.274.